The van der Waals surface area contributed by atoms with Crippen molar-refractivity contribution in [2.45, 2.75) is 12.6 Å². The van der Waals surface area contributed by atoms with Crippen LogP contribution in [-0.4, -0.2) is 66.9 Å². The van der Waals surface area contributed by atoms with E-state index in [2.05, 4.69) is 15.7 Å². The molecule has 22 heavy (non-hydrogen) atoms. The van der Waals surface area contributed by atoms with Crippen molar-refractivity contribution in [3.05, 3.63) is 35.6 Å². The van der Waals surface area contributed by atoms with Crippen LogP contribution in [-0.2, 0) is 11.3 Å². The molecular formula is C17H23FN2O2. The molecule has 0 aromatic heterocycles. The minimum absolute atomic E-state index is 0.199. The van der Waals surface area contributed by atoms with Gasteiger partial charge in [0.1, 0.15) is 12.4 Å². The van der Waals surface area contributed by atoms with Gasteiger partial charge in [-0.15, -0.1) is 6.42 Å². The standard InChI is InChI=1S/C17H23FN2O2/c1-2-11-22-14-17(21)13-20-9-7-19(8-10-20)12-15-3-5-16(18)6-4-15/h1,3-6,17,21H,7-14H2. The van der Waals surface area contributed by atoms with Crippen LogP contribution in [0.5, 0.6) is 0 Å². The minimum Gasteiger partial charge on any atom is -0.389 e. The highest BCUT2D eigenvalue weighted by atomic mass is 19.1. The number of terminal acetylenes is 1. The van der Waals surface area contributed by atoms with Crippen LogP contribution >= 0.6 is 0 Å². The van der Waals surface area contributed by atoms with E-state index < -0.39 is 6.10 Å². The molecule has 1 saturated heterocycles. The third-order valence-corrected chi connectivity index (χ3v) is 3.75. The van der Waals surface area contributed by atoms with Crippen molar-refractivity contribution in [1.82, 2.24) is 9.80 Å². The highest BCUT2D eigenvalue weighted by molar-refractivity contribution is 5.15. The quantitative estimate of drug-likeness (QED) is 0.601. The Morgan fingerprint density at radius 2 is 1.82 bits per heavy atom. The molecule has 1 aromatic rings. The maximum absolute atomic E-state index is 12.9. The number of ether oxygens (including phenoxy) is 1. The van der Waals surface area contributed by atoms with Gasteiger partial charge in [0, 0.05) is 39.3 Å². The van der Waals surface area contributed by atoms with E-state index >= 15 is 0 Å². The first-order chi connectivity index (χ1) is 10.7. The summed E-state index contributed by atoms with van der Waals surface area (Å²) >= 11 is 0. The van der Waals surface area contributed by atoms with Crippen LogP contribution in [0.25, 0.3) is 0 Å². The van der Waals surface area contributed by atoms with Gasteiger partial charge in [-0.05, 0) is 17.7 Å². The molecule has 5 heteroatoms. The van der Waals surface area contributed by atoms with E-state index in [-0.39, 0.29) is 19.0 Å². The Morgan fingerprint density at radius 3 is 2.45 bits per heavy atom. The molecule has 0 amide bonds. The van der Waals surface area contributed by atoms with Crippen molar-refractivity contribution in [1.29, 1.82) is 0 Å². The summed E-state index contributed by atoms with van der Waals surface area (Å²) in [5, 5.41) is 9.87. The molecule has 1 heterocycles. The first-order valence-corrected chi connectivity index (χ1v) is 7.56. The van der Waals surface area contributed by atoms with Gasteiger partial charge in [-0.1, -0.05) is 18.1 Å². The summed E-state index contributed by atoms with van der Waals surface area (Å²) in [5.74, 6) is 2.18. The number of aliphatic hydroxyl groups excluding tert-OH is 1. The molecule has 1 aliphatic heterocycles. The van der Waals surface area contributed by atoms with Crippen molar-refractivity contribution < 1.29 is 14.2 Å². The van der Waals surface area contributed by atoms with Crippen molar-refractivity contribution >= 4 is 0 Å². The van der Waals surface area contributed by atoms with E-state index in [4.69, 9.17) is 11.2 Å². The molecule has 1 aliphatic rings. The first-order valence-electron chi connectivity index (χ1n) is 7.56. The van der Waals surface area contributed by atoms with Crippen LogP contribution in [0.1, 0.15) is 5.56 Å². The van der Waals surface area contributed by atoms with Gasteiger partial charge in [-0.25, -0.2) is 4.39 Å². The lowest BCUT2D eigenvalue weighted by molar-refractivity contribution is 0.0154. The second-order valence-corrected chi connectivity index (χ2v) is 5.58. The average Bonchev–Trinajstić information content (AvgIpc) is 2.52. The Hall–Kier alpha value is -1.45. The zero-order valence-corrected chi connectivity index (χ0v) is 12.7. The van der Waals surface area contributed by atoms with Crippen LogP contribution in [0.4, 0.5) is 4.39 Å². The van der Waals surface area contributed by atoms with Gasteiger partial charge >= 0.3 is 0 Å². The van der Waals surface area contributed by atoms with Crippen molar-refractivity contribution in [2.75, 3.05) is 45.9 Å². The third-order valence-electron chi connectivity index (χ3n) is 3.75. The Kier molecular flexibility index (Phi) is 6.81. The molecule has 1 unspecified atom stereocenters. The highest BCUT2D eigenvalue weighted by Gasteiger charge is 2.19. The molecule has 0 bridgehead atoms. The van der Waals surface area contributed by atoms with Gasteiger partial charge < -0.3 is 9.84 Å². The molecule has 1 N–H and O–H groups in total. The maximum atomic E-state index is 12.9. The molecule has 0 saturated carbocycles. The van der Waals surface area contributed by atoms with Gasteiger partial charge in [0.15, 0.2) is 0 Å². The van der Waals surface area contributed by atoms with Crippen LogP contribution in [0, 0.1) is 18.2 Å². The van der Waals surface area contributed by atoms with Crippen molar-refractivity contribution in [2.24, 2.45) is 0 Å². The number of halogens is 1. The normalized spacial score (nSPS) is 18.0. The lowest BCUT2D eigenvalue weighted by atomic mass is 10.2. The van der Waals surface area contributed by atoms with Gasteiger partial charge in [0.2, 0.25) is 0 Å². The SMILES string of the molecule is C#CCOCC(O)CN1CCN(Cc2ccc(F)cc2)CC1. The minimum atomic E-state index is -0.503. The summed E-state index contributed by atoms with van der Waals surface area (Å²) in [6.07, 6.45) is 4.59. The van der Waals surface area contributed by atoms with E-state index in [0.29, 0.717) is 6.54 Å². The summed E-state index contributed by atoms with van der Waals surface area (Å²) in [5.41, 5.74) is 1.12. The monoisotopic (exact) mass is 306 g/mol. The number of benzene rings is 1. The second kappa shape index (κ2) is 8.86. The van der Waals surface area contributed by atoms with Crippen molar-refractivity contribution in [3.8, 4) is 12.3 Å². The highest BCUT2D eigenvalue weighted by Crippen LogP contribution is 2.10. The molecule has 0 radical (unpaired) electrons. The molecule has 1 atom stereocenters. The van der Waals surface area contributed by atoms with Crippen LogP contribution in [0.15, 0.2) is 24.3 Å². The molecule has 1 aromatic carbocycles. The Morgan fingerprint density at radius 1 is 1.18 bits per heavy atom. The molecule has 0 aliphatic carbocycles. The Bertz CT molecular complexity index is 478. The van der Waals surface area contributed by atoms with Crippen molar-refractivity contribution in [3.63, 3.8) is 0 Å². The second-order valence-electron chi connectivity index (χ2n) is 5.58. The summed E-state index contributed by atoms with van der Waals surface area (Å²) < 4.78 is 18.0. The average molecular weight is 306 g/mol. The number of β-amino-alcohol motifs (C(OH)–C–C–N with tert-alkyl or cyclic N) is 1. The fraction of sp³-hybridized carbons (Fsp3) is 0.529. The van der Waals surface area contributed by atoms with Gasteiger partial charge in [-0.2, -0.15) is 0 Å². The number of piperazine rings is 1. The van der Waals surface area contributed by atoms with Gasteiger partial charge in [0.05, 0.1) is 12.7 Å². The summed E-state index contributed by atoms with van der Waals surface area (Å²) in [6, 6.07) is 6.65. The molecule has 1 fully saturated rings. The largest absolute Gasteiger partial charge is 0.389 e. The lowest BCUT2D eigenvalue weighted by Crippen LogP contribution is -2.48. The van der Waals surface area contributed by atoms with Gasteiger partial charge in [-0.3, -0.25) is 9.80 Å². The molecule has 2 rings (SSSR count). The molecule has 4 nitrogen and oxygen atoms in total. The smallest absolute Gasteiger partial charge is 0.123 e. The van der Waals surface area contributed by atoms with Crippen LogP contribution in [0.2, 0.25) is 0 Å². The molecule has 0 spiro atoms. The summed E-state index contributed by atoms with van der Waals surface area (Å²) in [4.78, 5) is 4.57. The van der Waals surface area contributed by atoms with E-state index in [1.807, 2.05) is 12.1 Å². The van der Waals surface area contributed by atoms with E-state index in [9.17, 15) is 9.50 Å². The predicted octanol–water partition coefficient (Wildman–Crippen LogP) is 0.954. The number of rotatable bonds is 7. The topological polar surface area (TPSA) is 35.9 Å². The van der Waals surface area contributed by atoms with Crippen LogP contribution < -0.4 is 0 Å². The third kappa shape index (κ3) is 5.74. The Labute approximate surface area is 131 Å². The summed E-state index contributed by atoms with van der Waals surface area (Å²) in [6.45, 7) is 5.66. The van der Waals surface area contributed by atoms with E-state index in [1.165, 1.54) is 12.1 Å². The number of hydrogen-bond donors (Lipinski definition) is 1. The van der Waals surface area contributed by atoms with E-state index in [0.717, 1.165) is 38.3 Å². The fourth-order valence-corrected chi connectivity index (χ4v) is 2.58. The van der Waals surface area contributed by atoms with Crippen LogP contribution in [0.3, 0.4) is 0 Å². The Balaban J connectivity index is 1.67. The zero-order chi connectivity index (χ0) is 15.8. The first kappa shape index (κ1) is 16.9. The predicted molar refractivity (Wildman–Crippen MR) is 83.8 cm³/mol. The maximum Gasteiger partial charge on any atom is 0.123 e. The number of nitrogens with zero attached hydrogens (tertiary/aromatic N) is 2. The molecule has 120 valence electrons. The van der Waals surface area contributed by atoms with Gasteiger partial charge in [0.25, 0.3) is 0 Å². The fourth-order valence-electron chi connectivity index (χ4n) is 2.58. The molecular weight excluding hydrogens is 283 g/mol. The van der Waals surface area contributed by atoms with E-state index in [1.54, 1.807) is 0 Å². The summed E-state index contributed by atoms with van der Waals surface area (Å²) in [7, 11) is 0. The number of aliphatic hydroxyl groups is 1. The lowest BCUT2D eigenvalue weighted by Gasteiger charge is -2.35. The number of hydrogen-bond acceptors (Lipinski definition) is 4. The zero-order valence-electron chi connectivity index (χ0n) is 12.7.